The Bertz CT molecular complexity index is 214. The summed E-state index contributed by atoms with van der Waals surface area (Å²) in [5.41, 5.74) is 0. The molecule has 1 atom stereocenters. The van der Waals surface area contributed by atoms with Crippen molar-refractivity contribution >= 4 is 5.97 Å². The minimum Gasteiger partial charge on any atom is -0.480 e. The van der Waals surface area contributed by atoms with Crippen LogP contribution in [0, 0.1) is 0 Å². The van der Waals surface area contributed by atoms with E-state index in [9.17, 15) is 9.90 Å². The van der Waals surface area contributed by atoms with Gasteiger partial charge in [0.2, 0.25) is 0 Å². The fourth-order valence-electron chi connectivity index (χ4n) is 2.34. The Hall–Kier alpha value is -0.610. The Morgan fingerprint density at radius 1 is 1.00 bits per heavy atom. The summed E-state index contributed by atoms with van der Waals surface area (Å²) in [6, 6.07) is -0.309. The Labute approximate surface area is 112 Å². The normalized spacial score (nSPS) is 13.2. The molecule has 0 heterocycles. The highest BCUT2D eigenvalue weighted by atomic mass is 16.4. The van der Waals surface area contributed by atoms with E-state index in [1.165, 1.54) is 0 Å². The zero-order valence-corrected chi connectivity index (χ0v) is 12.5. The van der Waals surface area contributed by atoms with E-state index in [4.69, 9.17) is 0 Å². The van der Waals surface area contributed by atoms with Crippen LogP contribution in [0.3, 0.4) is 0 Å². The molecule has 0 saturated carbocycles. The fourth-order valence-corrected chi connectivity index (χ4v) is 2.34. The monoisotopic (exact) mass is 258 g/mol. The van der Waals surface area contributed by atoms with Crippen molar-refractivity contribution in [3.05, 3.63) is 0 Å². The molecule has 0 aromatic rings. The summed E-state index contributed by atoms with van der Waals surface area (Å²) in [5, 5.41) is 9.25. The number of unbranched alkanes of at least 4 members (excludes halogenated alkanes) is 1. The van der Waals surface area contributed by atoms with Gasteiger partial charge in [0.1, 0.15) is 6.04 Å². The highest BCUT2D eigenvalue weighted by Crippen LogP contribution is 2.10. The van der Waals surface area contributed by atoms with Gasteiger partial charge < -0.3 is 10.0 Å². The molecule has 0 aliphatic heterocycles. The third kappa shape index (κ3) is 6.36. The molecule has 0 bridgehead atoms. The van der Waals surface area contributed by atoms with Crippen LogP contribution in [-0.4, -0.2) is 59.6 Å². The van der Waals surface area contributed by atoms with Crippen LogP contribution in [0.15, 0.2) is 0 Å². The molecular formula is C14H30N2O2. The second-order valence-electron chi connectivity index (χ2n) is 4.60. The van der Waals surface area contributed by atoms with E-state index < -0.39 is 5.97 Å². The molecule has 0 radical (unpaired) electrons. The molecule has 0 rings (SSSR count). The van der Waals surface area contributed by atoms with Gasteiger partial charge in [-0.05, 0) is 45.6 Å². The van der Waals surface area contributed by atoms with Crippen molar-refractivity contribution in [1.29, 1.82) is 0 Å². The van der Waals surface area contributed by atoms with Crippen LogP contribution in [0.25, 0.3) is 0 Å². The molecule has 0 spiro atoms. The van der Waals surface area contributed by atoms with Crippen LogP contribution in [0.4, 0.5) is 0 Å². The van der Waals surface area contributed by atoms with Gasteiger partial charge in [-0.2, -0.15) is 0 Å². The Morgan fingerprint density at radius 2 is 1.56 bits per heavy atom. The van der Waals surface area contributed by atoms with Gasteiger partial charge in [-0.15, -0.1) is 0 Å². The van der Waals surface area contributed by atoms with Crippen molar-refractivity contribution in [3.8, 4) is 0 Å². The van der Waals surface area contributed by atoms with Gasteiger partial charge in [-0.1, -0.05) is 34.1 Å². The van der Waals surface area contributed by atoms with Crippen LogP contribution in [0.5, 0.6) is 0 Å². The standard InChI is InChI=1S/C14H30N2O2/c1-5-15(6-2)12-10-9-11-13(14(17)18)16(7-3)8-4/h13H,5-12H2,1-4H3,(H,17,18)/t13-/m0/s1. The molecule has 108 valence electrons. The summed E-state index contributed by atoms with van der Waals surface area (Å²) in [5.74, 6) is -0.679. The summed E-state index contributed by atoms with van der Waals surface area (Å²) in [6.45, 7) is 13.2. The Kier molecular flexibility index (Phi) is 9.98. The zero-order valence-electron chi connectivity index (χ0n) is 12.5. The first kappa shape index (κ1) is 17.4. The topological polar surface area (TPSA) is 43.8 Å². The third-order valence-electron chi connectivity index (χ3n) is 3.63. The molecule has 0 saturated heterocycles. The lowest BCUT2D eigenvalue weighted by molar-refractivity contribution is -0.143. The maximum absolute atomic E-state index is 11.2. The van der Waals surface area contributed by atoms with Crippen LogP contribution >= 0.6 is 0 Å². The highest BCUT2D eigenvalue weighted by Gasteiger charge is 2.22. The summed E-state index contributed by atoms with van der Waals surface area (Å²) >= 11 is 0. The second-order valence-corrected chi connectivity index (χ2v) is 4.60. The van der Waals surface area contributed by atoms with Gasteiger partial charge in [0, 0.05) is 0 Å². The van der Waals surface area contributed by atoms with Crippen LogP contribution in [0.2, 0.25) is 0 Å². The van der Waals surface area contributed by atoms with Crippen molar-refractivity contribution in [3.63, 3.8) is 0 Å². The summed E-state index contributed by atoms with van der Waals surface area (Å²) in [7, 11) is 0. The second kappa shape index (κ2) is 10.3. The van der Waals surface area contributed by atoms with E-state index >= 15 is 0 Å². The van der Waals surface area contributed by atoms with Crippen LogP contribution < -0.4 is 0 Å². The van der Waals surface area contributed by atoms with Gasteiger partial charge in [-0.3, -0.25) is 9.69 Å². The predicted molar refractivity (Wildman–Crippen MR) is 76.0 cm³/mol. The number of carboxylic acids is 1. The lowest BCUT2D eigenvalue weighted by Gasteiger charge is -2.26. The minimum atomic E-state index is -0.679. The maximum Gasteiger partial charge on any atom is 0.320 e. The van der Waals surface area contributed by atoms with Gasteiger partial charge in [0.05, 0.1) is 0 Å². The van der Waals surface area contributed by atoms with E-state index in [0.29, 0.717) is 0 Å². The number of nitrogens with zero attached hydrogens (tertiary/aromatic N) is 2. The Balaban J connectivity index is 4.01. The number of aliphatic carboxylic acids is 1. The lowest BCUT2D eigenvalue weighted by Crippen LogP contribution is -2.41. The highest BCUT2D eigenvalue weighted by molar-refractivity contribution is 5.73. The smallest absolute Gasteiger partial charge is 0.320 e. The molecule has 0 aromatic heterocycles. The molecule has 0 aliphatic carbocycles. The van der Waals surface area contributed by atoms with Crippen molar-refractivity contribution in [1.82, 2.24) is 9.80 Å². The third-order valence-corrected chi connectivity index (χ3v) is 3.63. The summed E-state index contributed by atoms with van der Waals surface area (Å²) in [6.07, 6.45) is 2.84. The first-order valence-electron chi connectivity index (χ1n) is 7.29. The molecule has 1 N–H and O–H groups in total. The van der Waals surface area contributed by atoms with Crippen LogP contribution in [0.1, 0.15) is 47.0 Å². The molecule has 4 nitrogen and oxygen atoms in total. The van der Waals surface area contributed by atoms with E-state index in [0.717, 1.165) is 52.0 Å². The van der Waals surface area contributed by atoms with Crippen molar-refractivity contribution in [2.24, 2.45) is 0 Å². The zero-order chi connectivity index (χ0) is 14.0. The fraction of sp³-hybridized carbons (Fsp3) is 0.929. The molecule has 18 heavy (non-hydrogen) atoms. The van der Waals surface area contributed by atoms with Crippen LogP contribution in [-0.2, 0) is 4.79 Å². The first-order valence-corrected chi connectivity index (χ1v) is 7.29. The van der Waals surface area contributed by atoms with Gasteiger partial charge in [0.15, 0.2) is 0 Å². The number of carbonyl (C=O) groups is 1. The lowest BCUT2D eigenvalue weighted by atomic mass is 10.1. The Morgan fingerprint density at radius 3 is 1.94 bits per heavy atom. The molecule has 0 amide bonds. The number of hydrogen-bond acceptors (Lipinski definition) is 3. The number of rotatable bonds is 11. The number of hydrogen-bond donors (Lipinski definition) is 1. The van der Waals surface area contributed by atoms with Gasteiger partial charge in [0.25, 0.3) is 0 Å². The van der Waals surface area contributed by atoms with Gasteiger partial charge in [-0.25, -0.2) is 0 Å². The van der Waals surface area contributed by atoms with E-state index in [1.807, 2.05) is 18.7 Å². The predicted octanol–water partition coefficient (Wildman–Crippen LogP) is 2.29. The quantitative estimate of drug-likeness (QED) is 0.578. The van der Waals surface area contributed by atoms with Crippen molar-refractivity contribution < 1.29 is 9.90 Å². The minimum absolute atomic E-state index is 0.309. The van der Waals surface area contributed by atoms with Crippen molar-refractivity contribution in [2.75, 3.05) is 32.7 Å². The van der Waals surface area contributed by atoms with E-state index in [1.54, 1.807) is 0 Å². The number of carboxylic acid groups (broad SMARTS) is 1. The molecule has 0 aromatic carbocycles. The summed E-state index contributed by atoms with van der Waals surface area (Å²) < 4.78 is 0. The molecule has 0 aliphatic rings. The average molecular weight is 258 g/mol. The van der Waals surface area contributed by atoms with Gasteiger partial charge >= 0.3 is 5.97 Å². The largest absolute Gasteiger partial charge is 0.480 e. The molecule has 0 unspecified atom stereocenters. The summed E-state index contributed by atoms with van der Waals surface area (Å²) in [4.78, 5) is 15.7. The SMILES string of the molecule is CCN(CC)CCCC[C@@H](C(=O)O)N(CC)CC. The van der Waals surface area contributed by atoms with Crippen molar-refractivity contribution in [2.45, 2.75) is 53.0 Å². The number of likely N-dealkylation sites (N-methyl/N-ethyl adjacent to an activating group) is 1. The maximum atomic E-state index is 11.2. The average Bonchev–Trinajstić information content (AvgIpc) is 2.37. The van der Waals surface area contributed by atoms with E-state index in [-0.39, 0.29) is 6.04 Å². The molecule has 0 fully saturated rings. The van der Waals surface area contributed by atoms with E-state index in [2.05, 4.69) is 18.7 Å². The first-order chi connectivity index (χ1) is 8.60. The molecular weight excluding hydrogens is 228 g/mol. The molecule has 4 heteroatoms.